The van der Waals surface area contributed by atoms with Gasteiger partial charge in [-0.2, -0.15) is 5.10 Å². The highest BCUT2D eigenvalue weighted by Gasteiger charge is 2.18. The Bertz CT molecular complexity index is 567. The highest BCUT2D eigenvalue weighted by molar-refractivity contribution is 6.41. The zero-order chi connectivity index (χ0) is 13.1. The summed E-state index contributed by atoms with van der Waals surface area (Å²) in [5.74, 6) is -0.660. The lowest BCUT2D eigenvalue weighted by Crippen LogP contribution is -2.11. The van der Waals surface area contributed by atoms with E-state index in [1.165, 1.54) is 24.4 Å². The predicted molar refractivity (Wildman–Crippen MR) is 68.5 cm³/mol. The summed E-state index contributed by atoms with van der Waals surface area (Å²) in [5, 5.41) is 7.75. The van der Waals surface area contributed by atoms with Crippen LogP contribution in [0.25, 0.3) is 0 Å². The number of rotatable bonds is 2. The summed E-state index contributed by atoms with van der Waals surface area (Å²) in [5.41, 5.74) is 0.0355. The molecule has 0 atom stereocenters. The normalized spacial score (nSPS) is 10.2. The maximum absolute atomic E-state index is 11.9. The molecule has 18 heavy (non-hydrogen) atoms. The molecule has 0 saturated heterocycles. The van der Waals surface area contributed by atoms with Crippen LogP contribution in [0, 0.1) is 0 Å². The smallest absolute Gasteiger partial charge is 0.347 e. The monoisotopic (exact) mass is 302 g/mol. The Balaban J connectivity index is 2.30. The molecule has 0 N–H and O–H groups in total. The van der Waals surface area contributed by atoms with Crippen molar-refractivity contribution >= 4 is 40.8 Å². The van der Waals surface area contributed by atoms with Crippen LogP contribution in [0.2, 0.25) is 15.1 Å². The number of benzene rings is 1. The summed E-state index contributed by atoms with van der Waals surface area (Å²) in [4.78, 5) is 11.9. The first kappa shape index (κ1) is 13.1. The second-order valence-corrected chi connectivity index (χ2v) is 4.45. The SMILES string of the molecule is O=C(Oc1cccnn1)c1c(Cl)cc(Cl)cc1Cl. The first-order chi connectivity index (χ1) is 8.58. The van der Waals surface area contributed by atoms with Crippen LogP contribution in [0.4, 0.5) is 0 Å². The largest absolute Gasteiger partial charge is 0.402 e. The molecular weight excluding hydrogens is 298 g/mol. The minimum atomic E-state index is -0.720. The molecule has 7 heteroatoms. The third-order valence-corrected chi connectivity index (χ3v) is 2.77. The van der Waals surface area contributed by atoms with Crippen LogP contribution in [-0.2, 0) is 0 Å². The Labute approximate surface area is 117 Å². The Kier molecular flexibility index (Phi) is 4.01. The van der Waals surface area contributed by atoms with E-state index in [9.17, 15) is 4.79 Å². The van der Waals surface area contributed by atoms with Gasteiger partial charge < -0.3 is 4.74 Å². The molecule has 0 amide bonds. The number of halogens is 3. The Hall–Kier alpha value is -1.36. The van der Waals surface area contributed by atoms with E-state index in [0.717, 1.165) is 0 Å². The molecule has 0 fully saturated rings. The van der Waals surface area contributed by atoms with Gasteiger partial charge in [0, 0.05) is 17.3 Å². The summed E-state index contributed by atoms with van der Waals surface area (Å²) in [6.07, 6.45) is 1.46. The first-order valence-electron chi connectivity index (χ1n) is 4.72. The van der Waals surface area contributed by atoms with Gasteiger partial charge in [-0.05, 0) is 18.2 Å². The van der Waals surface area contributed by atoms with E-state index in [4.69, 9.17) is 39.5 Å². The summed E-state index contributed by atoms with van der Waals surface area (Å²) in [6, 6.07) is 5.88. The molecule has 0 radical (unpaired) electrons. The Morgan fingerprint density at radius 1 is 1.17 bits per heavy atom. The second-order valence-electron chi connectivity index (χ2n) is 3.20. The topological polar surface area (TPSA) is 52.1 Å². The summed E-state index contributed by atoms with van der Waals surface area (Å²) in [6.45, 7) is 0. The molecule has 1 aromatic carbocycles. The zero-order valence-corrected chi connectivity index (χ0v) is 11.0. The molecule has 0 saturated carbocycles. The van der Waals surface area contributed by atoms with Crippen molar-refractivity contribution in [3.8, 4) is 5.88 Å². The molecule has 0 unspecified atom stereocenters. The maximum Gasteiger partial charge on any atom is 0.347 e. The third-order valence-electron chi connectivity index (χ3n) is 1.96. The van der Waals surface area contributed by atoms with Crippen LogP contribution < -0.4 is 4.74 Å². The Morgan fingerprint density at radius 3 is 2.39 bits per heavy atom. The fourth-order valence-electron chi connectivity index (χ4n) is 1.23. The molecule has 92 valence electrons. The van der Waals surface area contributed by atoms with Crippen molar-refractivity contribution in [3.63, 3.8) is 0 Å². The number of aromatic nitrogens is 2. The molecule has 1 aromatic heterocycles. The maximum atomic E-state index is 11.9. The predicted octanol–water partition coefficient (Wildman–Crippen LogP) is 3.66. The van der Waals surface area contributed by atoms with Gasteiger partial charge in [-0.25, -0.2) is 4.79 Å². The zero-order valence-electron chi connectivity index (χ0n) is 8.73. The van der Waals surface area contributed by atoms with Crippen molar-refractivity contribution in [2.24, 2.45) is 0 Å². The number of carbonyl (C=O) groups is 1. The molecule has 1 heterocycles. The number of nitrogens with zero attached hydrogens (tertiary/aromatic N) is 2. The minimum Gasteiger partial charge on any atom is -0.402 e. The van der Waals surface area contributed by atoms with Crippen molar-refractivity contribution in [2.45, 2.75) is 0 Å². The van der Waals surface area contributed by atoms with Gasteiger partial charge in [0.05, 0.1) is 15.6 Å². The van der Waals surface area contributed by atoms with Crippen molar-refractivity contribution in [1.82, 2.24) is 10.2 Å². The fourth-order valence-corrected chi connectivity index (χ4v) is 2.20. The number of hydrogen-bond donors (Lipinski definition) is 0. The molecule has 0 aliphatic carbocycles. The second kappa shape index (κ2) is 5.52. The van der Waals surface area contributed by atoms with E-state index in [2.05, 4.69) is 10.2 Å². The van der Waals surface area contributed by atoms with Crippen LogP contribution >= 0.6 is 34.8 Å². The summed E-state index contributed by atoms with van der Waals surface area (Å²) in [7, 11) is 0. The standard InChI is InChI=1S/C11H5Cl3N2O2/c12-6-4-7(13)10(8(14)5-6)11(17)18-9-2-1-3-15-16-9/h1-5H. The lowest BCUT2D eigenvalue weighted by atomic mass is 10.2. The number of esters is 1. The average molecular weight is 304 g/mol. The van der Waals surface area contributed by atoms with Gasteiger partial charge in [0.2, 0.25) is 5.88 Å². The van der Waals surface area contributed by atoms with Gasteiger partial charge in [0.15, 0.2) is 0 Å². The number of hydrogen-bond acceptors (Lipinski definition) is 4. The summed E-state index contributed by atoms with van der Waals surface area (Å²) < 4.78 is 4.98. The van der Waals surface area contributed by atoms with Crippen molar-refractivity contribution in [2.75, 3.05) is 0 Å². The molecule has 0 spiro atoms. The molecular formula is C11H5Cl3N2O2. The molecule has 2 aromatic rings. The van der Waals surface area contributed by atoms with Gasteiger partial charge in [0.1, 0.15) is 0 Å². The molecule has 4 nitrogen and oxygen atoms in total. The Morgan fingerprint density at radius 2 is 1.83 bits per heavy atom. The van der Waals surface area contributed by atoms with E-state index >= 15 is 0 Å². The van der Waals surface area contributed by atoms with Crippen LogP contribution in [-0.4, -0.2) is 16.2 Å². The molecule has 2 rings (SSSR count). The average Bonchev–Trinajstić information content (AvgIpc) is 2.28. The van der Waals surface area contributed by atoms with Gasteiger partial charge in [-0.3, -0.25) is 0 Å². The molecule has 0 aliphatic rings. The minimum absolute atomic E-state index is 0.0355. The van der Waals surface area contributed by atoms with Crippen LogP contribution in [0.5, 0.6) is 5.88 Å². The highest BCUT2D eigenvalue weighted by atomic mass is 35.5. The van der Waals surface area contributed by atoms with Gasteiger partial charge in [-0.1, -0.05) is 34.8 Å². The lowest BCUT2D eigenvalue weighted by molar-refractivity contribution is 0.0726. The van der Waals surface area contributed by atoms with Crippen LogP contribution in [0.15, 0.2) is 30.5 Å². The van der Waals surface area contributed by atoms with E-state index in [1.54, 1.807) is 6.07 Å². The van der Waals surface area contributed by atoms with Crippen LogP contribution in [0.1, 0.15) is 10.4 Å². The van der Waals surface area contributed by atoms with Gasteiger partial charge >= 0.3 is 5.97 Å². The first-order valence-corrected chi connectivity index (χ1v) is 5.86. The third kappa shape index (κ3) is 2.90. The summed E-state index contributed by atoms with van der Waals surface area (Å²) >= 11 is 17.5. The van der Waals surface area contributed by atoms with Gasteiger partial charge in [0.25, 0.3) is 0 Å². The molecule has 0 bridgehead atoms. The van der Waals surface area contributed by atoms with Crippen molar-refractivity contribution < 1.29 is 9.53 Å². The highest BCUT2D eigenvalue weighted by Crippen LogP contribution is 2.29. The quantitative estimate of drug-likeness (QED) is 0.795. The van der Waals surface area contributed by atoms with Crippen LogP contribution in [0.3, 0.4) is 0 Å². The number of carbonyl (C=O) groups excluding carboxylic acids is 1. The van der Waals surface area contributed by atoms with E-state index < -0.39 is 5.97 Å². The van der Waals surface area contributed by atoms with E-state index in [0.29, 0.717) is 5.02 Å². The lowest BCUT2D eigenvalue weighted by Gasteiger charge is -2.06. The molecule has 0 aliphatic heterocycles. The van der Waals surface area contributed by atoms with Crippen molar-refractivity contribution in [3.05, 3.63) is 51.1 Å². The van der Waals surface area contributed by atoms with Gasteiger partial charge in [-0.15, -0.1) is 5.10 Å². The van der Waals surface area contributed by atoms with E-state index in [1.807, 2.05) is 0 Å². The van der Waals surface area contributed by atoms with E-state index in [-0.39, 0.29) is 21.5 Å². The van der Waals surface area contributed by atoms with Crippen molar-refractivity contribution in [1.29, 1.82) is 0 Å². The fraction of sp³-hybridized carbons (Fsp3) is 0. The number of ether oxygens (including phenoxy) is 1.